The fourth-order valence-corrected chi connectivity index (χ4v) is 2.71. The van der Waals surface area contributed by atoms with Crippen LogP contribution < -0.4 is 15.5 Å². The van der Waals surface area contributed by atoms with Crippen LogP contribution in [0.3, 0.4) is 0 Å². The van der Waals surface area contributed by atoms with Crippen molar-refractivity contribution in [2.45, 2.75) is 0 Å². The monoisotopic (exact) mass is 345 g/mol. The van der Waals surface area contributed by atoms with E-state index in [2.05, 4.69) is 32.5 Å². The lowest BCUT2D eigenvalue weighted by molar-refractivity contribution is 0.262. The first-order valence-electron chi connectivity index (χ1n) is 7.84. The van der Waals surface area contributed by atoms with Crippen LogP contribution in [0.1, 0.15) is 0 Å². The summed E-state index contributed by atoms with van der Waals surface area (Å²) in [5.41, 5.74) is 1.20. The first kappa shape index (κ1) is 16.5. The quantitative estimate of drug-likeness (QED) is 0.897. The van der Waals surface area contributed by atoms with Crippen LogP contribution in [0.4, 0.5) is 22.0 Å². The second-order valence-electron chi connectivity index (χ2n) is 5.75. The Kier molecular flexibility index (Phi) is 5.17. The van der Waals surface area contributed by atoms with Gasteiger partial charge in [-0.25, -0.2) is 9.78 Å². The number of nitrogens with zero attached hydrogens (tertiary/aromatic N) is 3. The Morgan fingerprint density at radius 2 is 1.83 bits per heavy atom. The molecule has 0 radical (unpaired) electrons. The minimum absolute atomic E-state index is 0.350. The molecule has 6 nitrogen and oxygen atoms in total. The lowest BCUT2D eigenvalue weighted by atomic mass is 10.3. The molecule has 1 aromatic carbocycles. The summed E-state index contributed by atoms with van der Waals surface area (Å²) in [6.45, 7) is 3.98. The van der Waals surface area contributed by atoms with Crippen molar-refractivity contribution in [2.24, 2.45) is 0 Å². The number of amides is 2. The molecule has 0 saturated carbocycles. The lowest BCUT2D eigenvalue weighted by Crippen LogP contribution is -2.44. The van der Waals surface area contributed by atoms with Gasteiger partial charge in [0, 0.05) is 26.2 Å². The molecular weight excluding hydrogens is 326 g/mol. The SMILES string of the molecule is CN1CCN(c2ccc(NC(=O)Nc3ccccc3Cl)cn2)CC1. The number of carbonyl (C=O) groups excluding carboxylic acids is 1. The minimum Gasteiger partial charge on any atom is -0.354 e. The molecule has 24 heavy (non-hydrogen) atoms. The van der Waals surface area contributed by atoms with E-state index in [0.717, 1.165) is 32.0 Å². The van der Waals surface area contributed by atoms with Crippen molar-refractivity contribution in [1.82, 2.24) is 9.88 Å². The van der Waals surface area contributed by atoms with Crippen molar-refractivity contribution in [3.05, 3.63) is 47.6 Å². The summed E-state index contributed by atoms with van der Waals surface area (Å²) < 4.78 is 0. The number of anilines is 3. The third-order valence-corrected chi connectivity index (χ3v) is 4.28. The van der Waals surface area contributed by atoms with Crippen LogP contribution in [0.5, 0.6) is 0 Å². The molecule has 0 spiro atoms. The first-order chi connectivity index (χ1) is 11.6. The Labute approximate surface area is 146 Å². The van der Waals surface area contributed by atoms with E-state index in [9.17, 15) is 4.79 Å². The molecule has 1 saturated heterocycles. The molecule has 0 bridgehead atoms. The molecule has 7 heteroatoms. The van der Waals surface area contributed by atoms with E-state index in [-0.39, 0.29) is 6.03 Å². The van der Waals surface area contributed by atoms with Gasteiger partial charge in [0.15, 0.2) is 0 Å². The number of pyridine rings is 1. The highest BCUT2D eigenvalue weighted by Crippen LogP contribution is 2.21. The molecule has 0 unspecified atom stereocenters. The van der Waals surface area contributed by atoms with E-state index in [0.29, 0.717) is 16.4 Å². The molecule has 1 aliphatic heterocycles. The van der Waals surface area contributed by atoms with E-state index in [4.69, 9.17) is 11.6 Å². The number of nitrogens with one attached hydrogen (secondary N) is 2. The summed E-state index contributed by atoms with van der Waals surface area (Å²) in [6, 6.07) is 10.5. The number of hydrogen-bond donors (Lipinski definition) is 2. The number of rotatable bonds is 3. The molecule has 2 heterocycles. The zero-order valence-electron chi connectivity index (χ0n) is 13.5. The number of halogens is 1. The molecule has 2 N–H and O–H groups in total. The second-order valence-corrected chi connectivity index (χ2v) is 6.16. The first-order valence-corrected chi connectivity index (χ1v) is 8.22. The van der Waals surface area contributed by atoms with Crippen LogP contribution in [0.25, 0.3) is 0 Å². The van der Waals surface area contributed by atoms with Gasteiger partial charge in [-0.05, 0) is 31.3 Å². The summed E-state index contributed by atoms with van der Waals surface area (Å²) >= 11 is 6.02. The number of carbonyl (C=O) groups is 1. The predicted molar refractivity (Wildman–Crippen MR) is 98.0 cm³/mol. The van der Waals surface area contributed by atoms with E-state index in [1.165, 1.54) is 0 Å². The maximum absolute atomic E-state index is 12.0. The molecule has 1 aliphatic rings. The van der Waals surface area contributed by atoms with Crippen molar-refractivity contribution in [3.63, 3.8) is 0 Å². The predicted octanol–water partition coefficient (Wildman–Crippen LogP) is 3.13. The molecule has 1 aromatic heterocycles. The van der Waals surface area contributed by atoms with Gasteiger partial charge >= 0.3 is 6.03 Å². The number of aromatic nitrogens is 1. The maximum atomic E-state index is 12.0. The second kappa shape index (κ2) is 7.51. The normalized spacial score (nSPS) is 15.2. The Hall–Kier alpha value is -2.31. The van der Waals surface area contributed by atoms with Gasteiger partial charge in [0.05, 0.1) is 22.6 Å². The molecule has 2 amide bonds. The zero-order valence-corrected chi connectivity index (χ0v) is 14.3. The highest BCUT2D eigenvalue weighted by Gasteiger charge is 2.15. The van der Waals surface area contributed by atoms with Crippen molar-refractivity contribution in [3.8, 4) is 0 Å². The number of likely N-dealkylation sites (N-methyl/N-ethyl adjacent to an activating group) is 1. The molecule has 1 fully saturated rings. The van der Waals surface area contributed by atoms with Crippen LogP contribution in [0.2, 0.25) is 5.02 Å². The van der Waals surface area contributed by atoms with Gasteiger partial charge in [-0.2, -0.15) is 0 Å². The Morgan fingerprint density at radius 1 is 1.08 bits per heavy atom. The Bertz CT molecular complexity index is 698. The van der Waals surface area contributed by atoms with Crippen LogP contribution >= 0.6 is 11.6 Å². The van der Waals surface area contributed by atoms with E-state index >= 15 is 0 Å². The molecule has 0 aliphatic carbocycles. The lowest BCUT2D eigenvalue weighted by Gasteiger charge is -2.33. The van der Waals surface area contributed by atoms with Gasteiger partial charge < -0.3 is 20.4 Å². The minimum atomic E-state index is -0.350. The van der Waals surface area contributed by atoms with Crippen LogP contribution in [0, 0.1) is 0 Å². The number of piperazine rings is 1. The topological polar surface area (TPSA) is 60.5 Å². The number of hydrogen-bond acceptors (Lipinski definition) is 4. The molecule has 126 valence electrons. The fraction of sp³-hybridized carbons (Fsp3) is 0.294. The van der Waals surface area contributed by atoms with E-state index in [1.807, 2.05) is 24.3 Å². The summed E-state index contributed by atoms with van der Waals surface area (Å²) in [6.07, 6.45) is 1.67. The summed E-state index contributed by atoms with van der Waals surface area (Å²) in [7, 11) is 2.12. The standard InChI is InChI=1S/C17H20ClN5O/c1-22-8-10-23(11-9-22)16-7-6-13(12-19-16)20-17(24)21-15-5-3-2-4-14(15)18/h2-7,12H,8-11H2,1H3,(H2,20,21,24). The number of urea groups is 1. The van der Waals surface area contributed by atoms with Gasteiger partial charge in [-0.3, -0.25) is 0 Å². The van der Waals surface area contributed by atoms with Gasteiger partial charge in [-0.1, -0.05) is 23.7 Å². The van der Waals surface area contributed by atoms with Gasteiger partial charge in [0.25, 0.3) is 0 Å². The average molecular weight is 346 g/mol. The number of benzene rings is 1. The van der Waals surface area contributed by atoms with Crippen molar-refractivity contribution in [2.75, 3.05) is 48.8 Å². The summed E-state index contributed by atoms with van der Waals surface area (Å²) in [5.74, 6) is 0.931. The Morgan fingerprint density at radius 3 is 2.50 bits per heavy atom. The van der Waals surface area contributed by atoms with Crippen molar-refractivity contribution >= 4 is 34.8 Å². The number of para-hydroxylation sites is 1. The van der Waals surface area contributed by atoms with Crippen LogP contribution in [0.15, 0.2) is 42.6 Å². The van der Waals surface area contributed by atoms with Gasteiger partial charge in [0.1, 0.15) is 5.82 Å². The third-order valence-electron chi connectivity index (χ3n) is 3.96. The van der Waals surface area contributed by atoms with Crippen molar-refractivity contribution < 1.29 is 4.79 Å². The molecular formula is C17H20ClN5O. The molecule has 2 aromatic rings. The van der Waals surface area contributed by atoms with Gasteiger partial charge in [0.2, 0.25) is 0 Å². The smallest absolute Gasteiger partial charge is 0.323 e. The third kappa shape index (κ3) is 4.15. The van der Waals surface area contributed by atoms with Gasteiger partial charge in [-0.15, -0.1) is 0 Å². The summed E-state index contributed by atoms with van der Waals surface area (Å²) in [5, 5.41) is 5.97. The highest BCUT2D eigenvalue weighted by atomic mass is 35.5. The Balaban J connectivity index is 1.58. The molecule has 0 atom stereocenters. The fourth-order valence-electron chi connectivity index (χ4n) is 2.53. The van der Waals surface area contributed by atoms with E-state index < -0.39 is 0 Å². The van der Waals surface area contributed by atoms with Crippen LogP contribution in [-0.2, 0) is 0 Å². The average Bonchev–Trinajstić information content (AvgIpc) is 2.58. The highest BCUT2D eigenvalue weighted by molar-refractivity contribution is 6.33. The van der Waals surface area contributed by atoms with E-state index in [1.54, 1.807) is 18.3 Å². The zero-order chi connectivity index (χ0) is 16.9. The molecule has 3 rings (SSSR count). The van der Waals surface area contributed by atoms with Crippen LogP contribution in [-0.4, -0.2) is 49.1 Å². The maximum Gasteiger partial charge on any atom is 0.323 e. The van der Waals surface area contributed by atoms with Crippen molar-refractivity contribution in [1.29, 1.82) is 0 Å². The summed E-state index contributed by atoms with van der Waals surface area (Å²) in [4.78, 5) is 21.0. The largest absolute Gasteiger partial charge is 0.354 e.